The monoisotopic (exact) mass is 396 g/mol. The summed E-state index contributed by atoms with van der Waals surface area (Å²) in [5.41, 5.74) is 6.73. The molecular weight excluding hydrogens is 372 g/mol. The maximum atomic E-state index is 5.87. The van der Waals surface area contributed by atoms with Gasteiger partial charge < -0.3 is 9.64 Å². The molecule has 0 fully saturated rings. The van der Waals surface area contributed by atoms with Gasteiger partial charge in [-0.3, -0.25) is 4.98 Å². The third-order valence-electron chi connectivity index (χ3n) is 5.76. The first-order valence-electron chi connectivity index (χ1n) is 10.3. The number of hydrogen-bond donors (Lipinski definition) is 0. The number of anilines is 1. The Kier molecular flexibility index (Phi) is 4.79. The van der Waals surface area contributed by atoms with Gasteiger partial charge in [-0.2, -0.15) is 4.98 Å². The van der Waals surface area contributed by atoms with Crippen molar-refractivity contribution in [1.29, 1.82) is 0 Å². The van der Waals surface area contributed by atoms with Gasteiger partial charge in [0.2, 0.25) is 0 Å². The number of rotatable bonds is 4. The Labute approximate surface area is 176 Å². The lowest BCUT2D eigenvalue weighted by molar-refractivity contribution is 0.274. The summed E-state index contributed by atoms with van der Waals surface area (Å²) in [6.07, 6.45) is 2.70. The highest BCUT2D eigenvalue weighted by atomic mass is 16.5. The highest BCUT2D eigenvalue weighted by molar-refractivity contribution is 5.96. The van der Waals surface area contributed by atoms with E-state index in [2.05, 4.69) is 58.2 Å². The van der Waals surface area contributed by atoms with Crippen LogP contribution in [0.3, 0.4) is 0 Å². The predicted octanol–water partition coefficient (Wildman–Crippen LogP) is 4.78. The molecule has 0 aliphatic carbocycles. The van der Waals surface area contributed by atoms with Gasteiger partial charge in [-0.25, -0.2) is 4.98 Å². The van der Waals surface area contributed by atoms with E-state index in [0.29, 0.717) is 12.6 Å². The molecule has 0 bridgehead atoms. The van der Waals surface area contributed by atoms with E-state index in [1.165, 1.54) is 27.6 Å². The molecule has 2 aromatic carbocycles. The first kappa shape index (κ1) is 18.6. The Morgan fingerprint density at radius 1 is 0.967 bits per heavy atom. The molecule has 2 aromatic heterocycles. The van der Waals surface area contributed by atoms with E-state index in [1.54, 1.807) is 6.20 Å². The summed E-state index contributed by atoms with van der Waals surface area (Å²) in [4.78, 5) is 16.1. The molecule has 0 N–H and O–H groups in total. The molecule has 150 valence electrons. The van der Waals surface area contributed by atoms with E-state index in [0.717, 1.165) is 36.6 Å². The van der Waals surface area contributed by atoms with Crippen molar-refractivity contribution >= 4 is 16.5 Å². The molecule has 4 aromatic rings. The molecule has 0 atom stereocenters. The number of aromatic nitrogens is 3. The molecule has 1 aliphatic heterocycles. The molecule has 5 heteroatoms. The highest BCUT2D eigenvalue weighted by Gasteiger charge is 2.23. The third kappa shape index (κ3) is 3.47. The summed E-state index contributed by atoms with van der Waals surface area (Å²) < 4.78 is 5.87. The van der Waals surface area contributed by atoms with Gasteiger partial charge in [0.15, 0.2) is 0 Å². The molecule has 0 unspecified atom stereocenters. The van der Waals surface area contributed by atoms with E-state index in [4.69, 9.17) is 9.72 Å². The average molecular weight is 396 g/mol. The number of benzene rings is 2. The molecule has 0 saturated carbocycles. The fourth-order valence-electron chi connectivity index (χ4n) is 4.25. The zero-order valence-corrected chi connectivity index (χ0v) is 17.3. The van der Waals surface area contributed by atoms with Crippen LogP contribution in [-0.4, -0.2) is 21.5 Å². The van der Waals surface area contributed by atoms with E-state index in [1.807, 2.05) is 25.1 Å². The van der Waals surface area contributed by atoms with Crippen LogP contribution in [0.4, 0.5) is 5.69 Å². The molecule has 30 heavy (non-hydrogen) atoms. The molecule has 0 amide bonds. The number of nitrogens with zero attached hydrogens (tertiary/aromatic N) is 4. The van der Waals surface area contributed by atoms with E-state index >= 15 is 0 Å². The maximum Gasteiger partial charge on any atom is 0.317 e. The van der Waals surface area contributed by atoms with Crippen LogP contribution in [0.15, 0.2) is 60.8 Å². The summed E-state index contributed by atoms with van der Waals surface area (Å²) >= 11 is 0. The number of hydrogen-bond acceptors (Lipinski definition) is 5. The van der Waals surface area contributed by atoms with Crippen molar-refractivity contribution in [2.75, 3.05) is 11.4 Å². The van der Waals surface area contributed by atoms with E-state index < -0.39 is 0 Å². The summed E-state index contributed by atoms with van der Waals surface area (Å²) in [6, 6.07) is 19.2. The Bertz CT molecular complexity index is 1200. The molecule has 1 aliphatic rings. The van der Waals surface area contributed by atoms with E-state index in [9.17, 15) is 0 Å². The quantitative estimate of drug-likeness (QED) is 0.497. The van der Waals surface area contributed by atoms with Crippen LogP contribution in [0.1, 0.15) is 28.2 Å². The second-order valence-electron chi connectivity index (χ2n) is 7.75. The van der Waals surface area contributed by atoms with Gasteiger partial charge in [-0.15, -0.1) is 0 Å². The summed E-state index contributed by atoms with van der Waals surface area (Å²) in [5.74, 6) is 0. The van der Waals surface area contributed by atoms with Gasteiger partial charge in [0.1, 0.15) is 6.61 Å². The number of aryl methyl sites for hydroxylation is 2. The highest BCUT2D eigenvalue weighted by Crippen LogP contribution is 2.33. The van der Waals surface area contributed by atoms with Crippen molar-refractivity contribution in [3.05, 3.63) is 89.0 Å². The topological polar surface area (TPSA) is 51.1 Å². The van der Waals surface area contributed by atoms with Crippen LogP contribution in [-0.2, 0) is 19.6 Å². The second kappa shape index (κ2) is 7.75. The van der Waals surface area contributed by atoms with Crippen molar-refractivity contribution in [2.45, 2.75) is 33.4 Å². The van der Waals surface area contributed by atoms with Crippen molar-refractivity contribution in [2.24, 2.45) is 0 Å². The largest absolute Gasteiger partial charge is 0.457 e. The Hall–Kier alpha value is -3.47. The average Bonchev–Trinajstić information content (AvgIpc) is 2.78. The van der Waals surface area contributed by atoms with Crippen molar-refractivity contribution in [3.8, 4) is 6.01 Å². The van der Waals surface area contributed by atoms with Gasteiger partial charge in [0.25, 0.3) is 0 Å². The molecule has 5 nitrogen and oxygen atoms in total. The minimum absolute atomic E-state index is 0.366. The number of pyridine rings is 1. The van der Waals surface area contributed by atoms with Crippen molar-refractivity contribution in [1.82, 2.24) is 15.0 Å². The minimum atomic E-state index is 0.366. The maximum absolute atomic E-state index is 5.87. The smallest absolute Gasteiger partial charge is 0.317 e. The Balaban J connectivity index is 1.44. The van der Waals surface area contributed by atoms with E-state index in [-0.39, 0.29) is 0 Å². The molecule has 0 radical (unpaired) electrons. The van der Waals surface area contributed by atoms with Gasteiger partial charge >= 0.3 is 6.01 Å². The fraction of sp³-hybridized carbons (Fsp3) is 0.240. The first-order chi connectivity index (χ1) is 14.7. The summed E-state index contributed by atoms with van der Waals surface area (Å²) in [6.45, 7) is 6.31. The minimum Gasteiger partial charge on any atom is -0.457 e. The van der Waals surface area contributed by atoms with Gasteiger partial charge in [-0.05, 0) is 55.0 Å². The first-order valence-corrected chi connectivity index (χ1v) is 10.3. The molecule has 0 saturated heterocycles. The fourth-order valence-corrected chi connectivity index (χ4v) is 4.25. The second-order valence-corrected chi connectivity index (χ2v) is 7.75. The van der Waals surface area contributed by atoms with Crippen LogP contribution >= 0.6 is 0 Å². The van der Waals surface area contributed by atoms with Gasteiger partial charge in [0.05, 0.1) is 17.9 Å². The molecule has 3 heterocycles. The predicted molar refractivity (Wildman–Crippen MR) is 119 cm³/mol. The Morgan fingerprint density at radius 3 is 2.67 bits per heavy atom. The van der Waals surface area contributed by atoms with Gasteiger partial charge in [0, 0.05) is 29.5 Å². The lowest BCUT2D eigenvalue weighted by Gasteiger charge is -2.32. The van der Waals surface area contributed by atoms with Gasteiger partial charge in [-0.1, -0.05) is 36.4 Å². The lowest BCUT2D eigenvalue weighted by atomic mass is 9.99. The normalized spacial score (nSPS) is 13.3. The number of fused-ring (bicyclic) bond motifs is 2. The standard InChI is InChI=1S/C25H24N4O/c1-17-7-5-8-19-9-6-11-23(24(17)19)29-14-12-21-18(2)27-25(28-22(21)15-29)30-16-20-10-3-4-13-26-20/h3-11,13H,12,14-16H2,1-2H3. The zero-order chi connectivity index (χ0) is 20.5. The van der Waals surface area contributed by atoms with Crippen molar-refractivity contribution in [3.63, 3.8) is 0 Å². The molecule has 0 spiro atoms. The van der Waals surface area contributed by atoms with Crippen LogP contribution in [0.25, 0.3) is 10.8 Å². The zero-order valence-electron chi connectivity index (χ0n) is 17.3. The van der Waals surface area contributed by atoms with Crippen LogP contribution in [0.2, 0.25) is 0 Å². The Morgan fingerprint density at radius 2 is 1.83 bits per heavy atom. The summed E-state index contributed by atoms with van der Waals surface area (Å²) in [5, 5.41) is 2.59. The van der Waals surface area contributed by atoms with Crippen LogP contribution < -0.4 is 9.64 Å². The number of ether oxygens (including phenoxy) is 1. The summed E-state index contributed by atoms with van der Waals surface area (Å²) in [7, 11) is 0. The van der Waals surface area contributed by atoms with Crippen LogP contribution in [0.5, 0.6) is 6.01 Å². The van der Waals surface area contributed by atoms with Crippen LogP contribution in [0, 0.1) is 13.8 Å². The third-order valence-corrected chi connectivity index (χ3v) is 5.76. The lowest BCUT2D eigenvalue weighted by Crippen LogP contribution is -2.32. The van der Waals surface area contributed by atoms with Crippen molar-refractivity contribution < 1.29 is 4.74 Å². The molecular formula is C25H24N4O. The molecule has 5 rings (SSSR count). The SMILES string of the molecule is Cc1nc(OCc2ccccn2)nc2c1CCN(c1cccc3cccc(C)c13)C2.